The summed E-state index contributed by atoms with van der Waals surface area (Å²) in [6, 6.07) is 12.5. The van der Waals surface area contributed by atoms with Crippen LogP contribution in [0.3, 0.4) is 0 Å². The lowest BCUT2D eigenvalue weighted by Crippen LogP contribution is -2.50. The minimum atomic E-state index is 0.806. The van der Waals surface area contributed by atoms with Gasteiger partial charge in [-0.2, -0.15) is 0 Å². The fourth-order valence-corrected chi connectivity index (χ4v) is 2.80. The molecule has 1 heteroatoms. The Hall–Kier alpha value is -0.820. The van der Waals surface area contributed by atoms with Gasteiger partial charge in [0.1, 0.15) is 6.54 Å². The standard InChI is InChI=1S/C14H22N/c1-12-9-10-13(2)15(12,3)11-14-7-5-4-6-8-14/h4-8,12-13H,9-11H2,1-3H3/q+1/t12-,13+,15?. The van der Waals surface area contributed by atoms with E-state index < -0.39 is 0 Å². The van der Waals surface area contributed by atoms with Crippen molar-refractivity contribution >= 4 is 0 Å². The van der Waals surface area contributed by atoms with E-state index in [-0.39, 0.29) is 0 Å². The molecule has 0 aliphatic carbocycles. The van der Waals surface area contributed by atoms with E-state index in [4.69, 9.17) is 0 Å². The summed E-state index contributed by atoms with van der Waals surface area (Å²) in [6.45, 7) is 5.97. The molecule has 0 amide bonds. The first-order valence-corrected chi connectivity index (χ1v) is 6.02. The van der Waals surface area contributed by atoms with Crippen LogP contribution in [-0.4, -0.2) is 23.6 Å². The number of hydrogen-bond acceptors (Lipinski definition) is 0. The molecular formula is C14H22N+. The summed E-state index contributed by atoms with van der Waals surface area (Å²) in [7, 11) is 2.41. The maximum Gasteiger partial charge on any atom is 0.105 e. The van der Waals surface area contributed by atoms with E-state index in [9.17, 15) is 0 Å². The maximum atomic E-state index is 2.41. The Morgan fingerprint density at radius 2 is 1.60 bits per heavy atom. The highest BCUT2D eigenvalue weighted by atomic mass is 15.4. The van der Waals surface area contributed by atoms with Crippen LogP contribution >= 0.6 is 0 Å². The number of nitrogens with zero attached hydrogens (tertiary/aromatic N) is 1. The predicted molar refractivity (Wildman–Crippen MR) is 64.5 cm³/mol. The zero-order chi connectivity index (χ0) is 10.9. The quantitative estimate of drug-likeness (QED) is 0.649. The van der Waals surface area contributed by atoms with E-state index in [1.54, 1.807) is 0 Å². The van der Waals surface area contributed by atoms with Crippen molar-refractivity contribution in [3.8, 4) is 0 Å². The Balaban J connectivity index is 2.17. The van der Waals surface area contributed by atoms with Crippen LogP contribution in [0.5, 0.6) is 0 Å². The van der Waals surface area contributed by atoms with E-state index in [0.29, 0.717) is 0 Å². The first-order chi connectivity index (χ1) is 7.13. The summed E-state index contributed by atoms with van der Waals surface area (Å²) in [4.78, 5) is 0. The van der Waals surface area contributed by atoms with E-state index in [1.807, 2.05) is 0 Å². The third-order valence-electron chi connectivity index (χ3n) is 4.38. The molecule has 1 aromatic carbocycles. The van der Waals surface area contributed by atoms with Crippen molar-refractivity contribution in [3.05, 3.63) is 35.9 Å². The second-order valence-electron chi connectivity index (χ2n) is 5.27. The maximum absolute atomic E-state index is 2.41. The van der Waals surface area contributed by atoms with Crippen molar-refractivity contribution in [3.63, 3.8) is 0 Å². The Morgan fingerprint density at radius 1 is 1.07 bits per heavy atom. The van der Waals surface area contributed by atoms with E-state index in [2.05, 4.69) is 51.2 Å². The van der Waals surface area contributed by atoms with Crippen LogP contribution in [0.4, 0.5) is 0 Å². The number of benzene rings is 1. The van der Waals surface area contributed by atoms with Gasteiger partial charge in [-0.15, -0.1) is 0 Å². The van der Waals surface area contributed by atoms with Crippen molar-refractivity contribution in [2.75, 3.05) is 7.05 Å². The van der Waals surface area contributed by atoms with Gasteiger partial charge in [-0.05, 0) is 13.8 Å². The van der Waals surface area contributed by atoms with Gasteiger partial charge in [0.05, 0.1) is 19.1 Å². The third kappa shape index (κ3) is 1.93. The lowest BCUT2D eigenvalue weighted by atomic mass is 10.1. The Morgan fingerprint density at radius 3 is 2.13 bits per heavy atom. The lowest BCUT2D eigenvalue weighted by molar-refractivity contribution is -0.952. The van der Waals surface area contributed by atoms with Crippen molar-refractivity contribution < 1.29 is 4.48 Å². The monoisotopic (exact) mass is 204 g/mol. The summed E-state index contributed by atoms with van der Waals surface area (Å²) < 4.78 is 1.21. The van der Waals surface area contributed by atoms with Gasteiger partial charge in [-0.1, -0.05) is 30.3 Å². The molecule has 1 heterocycles. The third-order valence-corrected chi connectivity index (χ3v) is 4.38. The van der Waals surface area contributed by atoms with Crippen LogP contribution in [0.1, 0.15) is 32.3 Å². The molecule has 0 spiro atoms. The van der Waals surface area contributed by atoms with Crippen molar-refractivity contribution in [1.29, 1.82) is 0 Å². The van der Waals surface area contributed by atoms with E-state index >= 15 is 0 Å². The largest absolute Gasteiger partial charge is 0.318 e. The molecular weight excluding hydrogens is 182 g/mol. The van der Waals surface area contributed by atoms with Crippen LogP contribution in [0.2, 0.25) is 0 Å². The van der Waals surface area contributed by atoms with Crippen molar-refractivity contribution in [2.24, 2.45) is 0 Å². The minimum absolute atomic E-state index is 0.806. The molecule has 0 N–H and O–H groups in total. The predicted octanol–water partition coefficient (Wildman–Crippen LogP) is 3.20. The van der Waals surface area contributed by atoms with Crippen molar-refractivity contribution in [1.82, 2.24) is 0 Å². The van der Waals surface area contributed by atoms with Gasteiger partial charge < -0.3 is 4.48 Å². The second-order valence-corrected chi connectivity index (χ2v) is 5.27. The Labute approximate surface area is 93.3 Å². The normalized spacial score (nSPS) is 35.7. The average Bonchev–Trinajstić information content (AvgIpc) is 2.48. The van der Waals surface area contributed by atoms with E-state index in [1.165, 1.54) is 29.4 Å². The molecule has 2 rings (SSSR count). The fraction of sp³-hybridized carbons (Fsp3) is 0.571. The summed E-state index contributed by atoms with van der Waals surface area (Å²) in [6.07, 6.45) is 2.76. The topological polar surface area (TPSA) is 0 Å². The SMILES string of the molecule is C[C@@H]1CC[C@H](C)[N+]1(C)Cc1ccccc1. The van der Waals surface area contributed by atoms with Crippen LogP contribution in [0.15, 0.2) is 30.3 Å². The summed E-state index contributed by atoms with van der Waals surface area (Å²) >= 11 is 0. The fourth-order valence-electron chi connectivity index (χ4n) is 2.80. The van der Waals surface area contributed by atoms with Crippen LogP contribution in [-0.2, 0) is 6.54 Å². The molecule has 82 valence electrons. The molecule has 0 radical (unpaired) electrons. The molecule has 15 heavy (non-hydrogen) atoms. The molecule has 1 aliphatic heterocycles. The molecule has 1 aliphatic rings. The smallest absolute Gasteiger partial charge is 0.105 e. The van der Waals surface area contributed by atoms with Gasteiger partial charge >= 0.3 is 0 Å². The summed E-state index contributed by atoms with van der Waals surface area (Å²) in [5.41, 5.74) is 1.47. The average molecular weight is 204 g/mol. The highest BCUT2D eigenvalue weighted by molar-refractivity contribution is 5.13. The molecule has 0 saturated carbocycles. The van der Waals surface area contributed by atoms with Gasteiger partial charge in [-0.25, -0.2) is 0 Å². The second kappa shape index (κ2) is 3.97. The summed E-state index contributed by atoms with van der Waals surface area (Å²) in [5.74, 6) is 0. The van der Waals surface area contributed by atoms with Gasteiger partial charge in [-0.3, -0.25) is 0 Å². The highest BCUT2D eigenvalue weighted by Gasteiger charge is 2.40. The number of quaternary nitrogens is 1. The Kier molecular flexibility index (Phi) is 2.83. The molecule has 1 saturated heterocycles. The van der Waals surface area contributed by atoms with Gasteiger partial charge in [0.15, 0.2) is 0 Å². The molecule has 0 bridgehead atoms. The minimum Gasteiger partial charge on any atom is -0.318 e. The zero-order valence-corrected chi connectivity index (χ0v) is 10.1. The highest BCUT2D eigenvalue weighted by Crippen LogP contribution is 2.32. The van der Waals surface area contributed by atoms with Crippen LogP contribution in [0.25, 0.3) is 0 Å². The number of rotatable bonds is 2. The van der Waals surface area contributed by atoms with Crippen molar-refractivity contribution in [2.45, 2.75) is 45.3 Å². The van der Waals surface area contributed by atoms with Crippen LogP contribution in [0, 0.1) is 0 Å². The molecule has 3 atom stereocenters. The molecule has 1 fully saturated rings. The molecule has 1 aromatic rings. The molecule has 0 aromatic heterocycles. The van der Waals surface area contributed by atoms with Gasteiger partial charge in [0.25, 0.3) is 0 Å². The first-order valence-electron chi connectivity index (χ1n) is 6.02. The first kappa shape index (κ1) is 10.7. The van der Waals surface area contributed by atoms with Gasteiger partial charge in [0.2, 0.25) is 0 Å². The lowest BCUT2D eigenvalue weighted by Gasteiger charge is -2.39. The number of likely N-dealkylation sites (tertiary alicyclic amines) is 1. The Bertz CT molecular complexity index is 307. The molecule has 1 nitrogen and oxygen atoms in total. The van der Waals surface area contributed by atoms with Crippen LogP contribution < -0.4 is 0 Å². The summed E-state index contributed by atoms with van der Waals surface area (Å²) in [5, 5.41) is 0. The van der Waals surface area contributed by atoms with Gasteiger partial charge in [0, 0.05) is 18.4 Å². The number of hydrogen-bond donors (Lipinski definition) is 0. The zero-order valence-electron chi connectivity index (χ0n) is 10.1. The molecule has 1 unspecified atom stereocenters. The van der Waals surface area contributed by atoms with E-state index in [0.717, 1.165) is 12.1 Å².